The lowest BCUT2D eigenvalue weighted by Gasteiger charge is -2.27. The fourth-order valence-electron chi connectivity index (χ4n) is 4.07. The summed E-state index contributed by atoms with van der Waals surface area (Å²) < 4.78 is 0. The minimum Gasteiger partial charge on any atom is -0.321 e. The second-order valence-electron chi connectivity index (χ2n) is 7.49. The second kappa shape index (κ2) is 7.14. The average Bonchev–Trinajstić information content (AvgIpc) is 3.10. The van der Waals surface area contributed by atoms with Gasteiger partial charge in [0, 0.05) is 43.8 Å². The zero-order chi connectivity index (χ0) is 18.1. The lowest BCUT2D eigenvalue weighted by molar-refractivity contribution is 0.233. The molecule has 2 aliphatic rings. The smallest absolute Gasteiger partial charge is 0.0705 e. The van der Waals surface area contributed by atoms with Crippen molar-refractivity contribution in [3.63, 3.8) is 0 Å². The van der Waals surface area contributed by atoms with Gasteiger partial charge in [0.1, 0.15) is 0 Å². The van der Waals surface area contributed by atoms with Crippen molar-refractivity contribution < 1.29 is 0 Å². The van der Waals surface area contributed by atoms with Gasteiger partial charge in [-0.05, 0) is 29.7 Å². The van der Waals surface area contributed by atoms with Gasteiger partial charge in [0.15, 0.2) is 0 Å². The summed E-state index contributed by atoms with van der Waals surface area (Å²) >= 11 is 0. The second-order valence-corrected chi connectivity index (χ2v) is 7.49. The van der Waals surface area contributed by atoms with Gasteiger partial charge in [-0.1, -0.05) is 54.6 Å². The third kappa shape index (κ3) is 3.59. The van der Waals surface area contributed by atoms with Gasteiger partial charge in [0.25, 0.3) is 0 Å². The van der Waals surface area contributed by atoms with Crippen LogP contribution in [-0.2, 0) is 13.1 Å². The molecular weight excluding hydrogens is 332 g/mol. The highest BCUT2D eigenvalue weighted by atomic mass is 15.5. The number of benzene rings is 2. The van der Waals surface area contributed by atoms with Gasteiger partial charge in [-0.15, -0.1) is 0 Å². The van der Waals surface area contributed by atoms with Crippen molar-refractivity contribution in [2.45, 2.75) is 19.5 Å². The highest BCUT2D eigenvalue weighted by Gasteiger charge is 2.27. The van der Waals surface area contributed by atoms with Crippen LogP contribution in [0.3, 0.4) is 0 Å². The molecule has 0 atom stereocenters. The lowest BCUT2D eigenvalue weighted by atomic mass is 10.1. The number of aromatic nitrogens is 1. The molecule has 0 fully saturated rings. The number of hydrogen-bond donors (Lipinski definition) is 1. The maximum atomic E-state index is 4.84. The maximum absolute atomic E-state index is 4.84. The number of hydrogen-bond acceptors (Lipinski definition) is 4. The predicted molar refractivity (Wildman–Crippen MR) is 109 cm³/mol. The van der Waals surface area contributed by atoms with Crippen molar-refractivity contribution in [3.05, 3.63) is 89.3 Å². The Morgan fingerprint density at radius 2 is 1.70 bits per heavy atom. The van der Waals surface area contributed by atoms with Crippen molar-refractivity contribution in [2.24, 2.45) is 0 Å². The molecule has 136 valence electrons. The van der Waals surface area contributed by atoms with Crippen LogP contribution in [0.5, 0.6) is 0 Å². The van der Waals surface area contributed by atoms with E-state index >= 15 is 0 Å². The van der Waals surface area contributed by atoms with E-state index in [9.17, 15) is 0 Å². The number of rotatable bonds is 4. The number of para-hydroxylation sites is 1. The number of hydrazine groups is 1. The summed E-state index contributed by atoms with van der Waals surface area (Å²) in [6, 6.07) is 23.3. The Labute approximate surface area is 160 Å². The molecule has 1 aromatic heterocycles. The van der Waals surface area contributed by atoms with Crippen LogP contribution in [0, 0.1) is 0 Å². The summed E-state index contributed by atoms with van der Waals surface area (Å²) in [4.78, 5) is 7.33. The van der Waals surface area contributed by atoms with E-state index in [1.165, 1.54) is 16.6 Å². The quantitative estimate of drug-likeness (QED) is 0.772. The van der Waals surface area contributed by atoms with Crippen LogP contribution in [0.25, 0.3) is 10.9 Å². The molecule has 0 bridgehead atoms. The minimum absolute atomic E-state index is 0.905. The Morgan fingerprint density at radius 1 is 0.852 bits per heavy atom. The van der Waals surface area contributed by atoms with Crippen LogP contribution < -0.4 is 5.43 Å². The van der Waals surface area contributed by atoms with Crippen LogP contribution in [-0.4, -0.2) is 34.5 Å². The van der Waals surface area contributed by atoms with E-state index in [0.29, 0.717) is 0 Å². The molecule has 0 saturated carbocycles. The zero-order valence-corrected chi connectivity index (χ0v) is 15.4. The van der Waals surface area contributed by atoms with Crippen LogP contribution in [0.4, 0.5) is 0 Å². The molecule has 0 aliphatic carbocycles. The first kappa shape index (κ1) is 16.5. The van der Waals surface area contributed by atoms with Crippen molar-refractivity contribution in [2.75, 3.05) is 19.6 Å². The van der Waals surface area contributed by atoms with Gasteiger partial charge in [-0.2, -0.15) is 0 Å². The van der Waals surface area contributed by atoms with Gasteiger partial charge in [0.05, 0.1) is 11.2 Å². The van der Waals surface area contributed by atoms with Crippen LogP contribution in [0.2, 0.25) is 0 Å². The Morgan fingerprint density at radius 3 is 2.63 bits per heavy atom. The fraction of sp³-hybridized carbons (Fsp3) is 0.261. The Balaban J connectivity index is 1.23. The molecular formula is C23H24N4. The van der Waals surface area contributed by atoms with E-state index in [-0.39, 0.29) is 0 Å². The molecule has 2 aliphatic heterocycles. The predicted octanol–water partition coefficient (Wildman–Crippen LogP) is 3.72. The number of fused-ring (bicyclic) bond motifs is 1. The highest BCUT2D eigenvalue weighted by Crippen LogP contribution is 2.24. The Bertz CT molecular complexity index is 980. The van der Waals surface area contributed by atoms with E-state index in [1.54, 1.807) is 5.57 Å². The fourth-order valence-corrected chi connectivity index (χ4v) is 4.07. The molecule has 0 spiro atoms. The molecule has 3 heterocycles. The van der Waals surface area contributed by atoms with E-state index in [4.69, 9.17) is 4.98 Å². The molecule has 0 radical (unpaired) electrons. The van der Waals surface area contributed by atoms with E-state index in [0.717, 1.165) is 50.4 Å². The van der Waals surface area contributed by atoms with Gasteiger partial charge in [0.2, 0.25) is 0 Å². The molecule has 27 heavy (non-hydrogen) atoms. The molecule has 0 unspecified atom stereocenters. The molecule has 5 rings (SSSR count). The van der Waals surface area contributed by atoms with Crippen LogP contribution in [0.15, 0.2) is 78.0 Å². The standard InChI is InChI=1S/C23H24N4/c1-2-6-18(7-3-1)14-27-15-20-12-13-26(17-23(20)25-27)16-21-11-10-19-8-4-5-9-22(19)24-21/h1-11,25H,12-17H2. The molecule has 0 saturated heterocycles. The largest absolute Gasteiger partial charge is 0.321 e. The number of nitrogens with zero attached hydrogens (tertiary/aromatic N) is 3. The Hall–Kier alpha value is -2.69. The molecule has 0 amide bonds. The zero-order valence-electron chi connectivity index (χ0n) is 15.4. The van der Waals surface area contributed by atoms with Gasteiger partial charge in [-0.25, -0.2) is 5.01 Å². The van der Waals surface area contributed by atoms with E-state index < -0.39 is 0 Å². The molecule has 3 aromatic rings. The summed E-state index contributed by atoms with van der Waals surface area (Å²) in [5, 5.41) is 3.54. The van der Waals surface area contributed by atoms with Crippen molar-refractivity contribution >= 4 is 10.9 Å². The summed E-state index contributed by atoms with van der Waals surface area (Å²) in [5.41, 5.74) is 10.2. The summed E-state index contributed by atoms with van der Waals surface area (Å²) in [6.45, 7) is 4.97. The van der Waals surface area contributed by atoms with Crippen molar-refractivity contribution in [1.29, 1.82) is 0 Å². The first-order valence-electron chi connectivity index (χ1n) is 9.67. The normalized spacial score (nSPS) is 17.9. The van der Waals surface area contributed by atoms with E-state index in [2.05, 4.69) is 82.1 Å². The third-order valence-corrected chi connectivity index (χ3v) is 5.47. The summed E-state index contributed by atoms with van der Waals surface area (Å²) in [7, 11) is 0. The number of pyridine rings is 1. The van der Waals surface area contributed by atoms with Crippen LogP contribution in [0.1, 0.15) is 17.7 Å². The number of nitrogens with one attached hydrogen (secondary N) is 1. The monoisotopic (exact) mass is 356 g/mol. The summed E-state index contributed by atoms with van der Waals surface area (Å²) in [6.07, 6.45) is 1.14. The highest BCUT2D eigenvalue weighted by molar-refractivity contribution is 5.78. The molecule has 1 N–H and O–H groups in total. The molecule has 2 aromatic carbocycles. The summed E-state index contributed by atoms with van der Waals surface area (Å²) in [5.74, 6) is 0. The van der Waals surface area contributed by atoms with Crippen molar-refractivity contribution in [1.82, 2.24) is 20.3 Å². The third-order valence-electron chi connectivity index (χ3n) is 5.47. The van der Waals surface area contributed by atoms with Gasteiger partial charge < -0.3 is 5.43 Å². The lowest BCUT2D eigenvalue weighted by Crippen LogP contribution is -2.36. The van der Waals surface area contributed by atoms with Gasteiger partial charge in [-0.3, -0.25) is 9.88 Å². The minimum atomic E-state index is 0.905. The van der Waals surface area contributed by atoms with Crippen LogP contribution >= 0.6 is 0 Å². The first-order valence-corrected chi connectivity index (χ1v) is 9.67. The van der Waals surface area contributed by atoms with Gasteiger partial charge >= 0.3 is 0 Å². The first-order chi connectivity index (χ1) is 13.3. The maximum Gasteiger partial charge on any atom is 0.0705 e. The average molecular weight is 356 g/mol. The SMILES string of the molecule is c1ccc(CN2CC3=C(CN(Cc4ccc5ccccc5n4)CC3)N2)cc1. The van der Waals surface area contributed by atoms with Crippen molar-refractivity contribution in [3.8, 4) is 0 Å². The topological polar surface area (TPSA) is 31.4 Å². The Kier molecular flexibility index (Phi) is 4.36. The molecule has 4 nitrogen and oxygen atoms in total. The molecule has 4 heteroatoms. The van der Waals surface area contributed by atoms with E-state index in [1.807, 2.05) is 0 Å².